The summed E-state index contributed by atoms with van der Waals surface area (Å²) >= 11 is 0. The number of para-hydroxylation sites is 1. The third-order valence-electron chi connectivity index (χ3n) is 5.46. The summed E-state index contributed by atoms with van der Waals surface area (Å²) in [6.45, 7) is 7.61. The first-order valence-electron chi connectivity index (χ1n) is 9.85. The Kier molecular flexibility index (Phi) is 5.54. The van der Waals surface area contributed by atoms with E-state index in [4.69, 9.17) is 4.74 Å². The molecular formula is C21H26N4O3. The molecular weight excluding hydrogens is 356 g/mol. The molecule has 28 heavy (non-hydrogen) atoms. The van der Waals surface area contributed by atoms with Crippen LogP contribution >= 0.6 is 0 Å². The van der Waals surface area contributed by atoms with Crippen molar-refractivity contribution in [2.75, 3.05) is 59.0 Å². The van der Waals surface area contributed by atoms with Crippen LogP contribution in [0.2, 0.25) is 0 Å². The van der Waals surface area contributed by atoms with Gasteiger partial charge >= 0.3 is 0 Å². The molecule has 0 unspecified atom stereocenters. The highest BCUT2D eigenvalue weighted by molar-refractivity contribution is 6.06. The minimum atomic E-state index is 0.0157. The fraction of sp³-hybridized carbons (Fsp3) is 0.476. The monoisotopic (exact) mass is 382 g/mol. The SMILES string of the molecule is Cc1cc(C(=O)N2CCN(C(=O)CN3CCOCC3)CC2)c2ccccc2n1. The lowest BCUT2D eigenvalue weighted by Gasteiger charge is -2.36. The van der Waals surface area contributed by atoms with Gasteiger partial charge in [0.25, 0.3) is 5.91 Å². The third kappa shape index (κ3) is 4.00. The largest absolute Gasteiger partial charge is 0.379 e. The summed E-state index contributed by atoms with van der Waals surface area (Å²) in [6, 6.07) is 9.60. The number of morpholine rings is 1. The van der Waals surface area contributed by atoms with Gasteiger partial charge in [0, 0.05) is 50.3 Å². The molecule has 4 rings (SSSR count). The van der Waals surface area contributed by atoms with E-state index in [0.29, 0.717) is 51.5 Å². The lowest BCUT2D eigenvalue weighted by atomic mass is 10.1. The number of ether oxygens (including phenoxy) is 1. The van der Waals surface area contributed by atoms with Gasteiger partial charge in [-0.2, -0.15) is 0 Å². The highest BCUT2D eigenvalue weighted by Crippen LogP contribution is 2.20. The number of aryl methyl sites for hydroxylation is 1. The molecule has 2 amide bonds. The number of nitrogens with zero attached hydrogens (tertiary/aromatic N) is 4. The van der Waals surface area contributed by atoms with Crippen LogP contribution in [0.15, 0.2) is 30.3 Å². The highest BCUT2D eigenvalue weighted by Gasteiger charge is 2.27. The minimum absolute atomic E-state index is 0.0157. The number of carbonyl (C=O) groups is 2. The third-order valence-corrected chi connectivity index (χ3v) is 5.46. The summed E-state index contributed by atoms with van der Waals surface area (Å²) in [5.41, 5.74) is 2.36. The van der Waals surface area contributed by atoms with Gasteiger partial charge in [-0.25, -0.2) is 0 Å². The van der Waals surface area contributed by atoms with Gasteiger partial charge in [0.15, 0.2) is 0 Å². The lowest BCUT2D eigenvalue weighted by Crippen LogP contribution is -2.53. The summed E-state index contributed by atoms with van der Waals surface area (Å²) in [6.07, 6.45) is 0. The minimum Gasteiger partial charge on any atom is -0.379 e. The predicted octanol–water partition coefficient (Wildman–Crippen LogP) is 1.16. The summed E-state index contributed by atoms with van der Waals surface area (Å²) in [7, 11) is 0. The van der Waals surface area contributed by atoms with E-state index in [1.54, 1.807) is 0 Å². The van der Waals surface area contributed by atoms with Gasteiger partial charge in [0.05, 0.1) is 30.8 Å². The molecule has 0 saturated carbocycles. The van der Waals surface area contributed by atoms with Gasteiger partial charge in [-0.15, -0.1) is 0 Å². The number of amides is 2. The van der Waals surface area contributed by atoms with Crippen molar-refractivity contribution < 1.29 is 14.3 Å². The maximum Gasteiger partial charge on any atom is 0.254 e. The Hall–Kier alpha value is -2.51. The summed E-state index contributed by atoms with van der Waals surface area (Å²) in [4.78, 5) is 36.1. The van der Waals surface area contributed by atoms with Gasteiger partial charge in [-0.1, -0.05) is 18.2 Å². The van der Waals surface area contributed by atoms with Crippen LogP contribution in [-0.2, 0) is 9.53 Å². The van der Waals surface area contributed by atoms with Crippen molar-refractivity contribution in [3.63, 3.8) is 0 Å². The Morgan fingerprint density at radius 2 is 1.68 bits per heavy atom. The summed E-state index contributed by atoms with van der Waals surface area (Å²) in [5.74, 6) is 0.154. The molecule has 148 valence electrons. The van der Waals surface area contributed by atoms with Gasteiger partial charge in [0.1, 0.15) is 0 Å². The first-order chi connectivity index (χ1) is 13.6. The summed E-state index contributed by atoms with van der Waals surface area (Å²) < 4.78 is 5.33. The Bertz CT molecular complexity index is 871. The number of carbonyl (C=O) groups excluding carboxylic acids is 2. The molecule has 2 aromatic rings. The van der Waals surface area contributed by atoms with E-state index in [9.17, 15) is 9.59 Å². The second-order valence-electron chi connectivity index (χ2n) is 7.39. The highest BCUT2D eigenvalue weighted by atomic mass is 16.5. The number of aromatic nitrogens is 1. The van der Waals surface area contributed by atoms with Crippen LogP contribution in [0.1, 0.15) is 16.1 Å². The molecule has 0 atom stereocenters. The molecule has 1 aromatic heterocycles. The molecule has 2 aliphatic heterocycles. The van der Waals surface area contributed by atoms with E-state index in [1.807, 2.05) is 47.1 Å². The number of fused-ring (bicyclic) bond motifs is 1. The molecule has 2 saturated heterocycles. The fourth-order valence-electron chi connectivity index (χ4n) is 3.86. The normalized spacial score (nSPS) is 18.5. The summed E-state index contributed by atoms with van der Waals surface area (Å²) in [5, 5.41) is 0.879. The number of rotatable bonds is 3. The zero-order valence-electron chi connectivity index (χ0n) is 16.3. The second kappa shape index (κ2) is 8.24. The smallest absolute Gasteiger partial charge is 0.254 e. The van der Waals surface area contributed by atoms with E-state index >= 15 is 0 Å². The molecule has 0 N–H and O–H groups in total. The van der Waals surface area contributed by atoms with Gasteiger partial charge in [0.2, 0.25) is 5.91 Å². The van der Waals surface area contributed by atoms with Crippen LogP contribution in [0.5, 0.6) is 0 Å². The van der Waals surface area contributed by atoms with Gasteiger partial charge in [-0.3, -0.25) is 19.5 Å². The fourth-order valence-corrected chi connectivity index (χ4v) is 3.86. The van der Waals surface area contributed by atoms with Crippen LogP contribution < -0.4 is 0 Å². The van der Waals surface area contributed by atoms with E-state index in [-0.39, 0.29) is 11.8 Å². The second-order valence-corrected chi connectivity index (χ2v) is 7.39. The van der Waals surface area contributed by atoms with E-state index < -0.39 is 0 Å². The van der Waals surface area contributed by atoms with Gasteiger partial charge < -0.3 is 14.5 Å². The maximum atomic E-state index is 13.1. The number of pyridine rings is 1. The van der Waals surface area contributed by atoms with Crippen LogP contribution in [0, 0.1) is 6.92 Å². The first kappa shape index (κ1) is 18.8. The quantitative estimate of drug-likeness (QED) is 0.797. The van der Waals surface area contributed by atoms with E-state index in [1.165, 1.54) is 0 Å². The zero-order chi connectivity index (χ0) is 19.5. The van der Waals surface area contributed by atoms with Crippen LogP contribution in [0.4, 0.5) is 0 Å². The van der Waals surface area contributed by atoms with Crippen LogP contribution in [0.25, 0.3) is 10.9 Å². The molecule has 0 spiro atoms. The van der Waals surface area contributed by atoms with Crippen molar-refractivity contribution >= 4 is 22.7 Å². The number of hydrogen-bond acceptors (Lipinski definition) is 5. The van der Waals surface area contributed by atoms with Crippen molar-refractivity contribution in [3.8, 4) is 0 Å². The number of piperazine rings is 1. The van der Waals surface area contributed by atoms with Crippen LogP contribution in [-0.4, -0.2) is 90.5 Å². The molecule has 2 aliphatic rings. The average molecular weight is 382 g/mol. The van der Waals surface area contributed by atoms with Crippen molar-refractivity contribution in [1.82, 2.24) is 19.7 Å². The molecule has 1 aromatic carbocycles. The molecule has 7 nitrogen and oxygen atoms in total. The maximum absolute atomic E-state index is 13.1. The molecule has 2 fully saturated rings. The molecule has 7 heteroatoms. The predicted molar refractivity (Wildman–Crippen MR) is 106 cm³/mol. The topological polar surface area (TPSA) is 66.0 Å². The van der Waals surface area contributed by atoms with E-state index in [0.717, 1.165) is 29.7 Å². The number of benzene rings is 1. The Balaban J connectivity index is 1.40. The first-order valence-corrected chi connectivity index (χ1v) is 9.85. The molecule has 3 heterocycles. The zero-order valence-corrected chi connectivity index (χ0v) is 16.3. The average Bonchev–Trinajstić information content (AvgIpc) is 2.73. The lowest BCUT2D eigenvalue weighted by molar-refractivity contribution is -0.134. The number of hydrogen-bond donors (Lipinski definition) is 0. The molecule has 0 radical (unpaired) electrons. The van der Waals surface area contributed by atoms with Crippen LogP contribution in [0.3, 0.4) is 0 Å². The van der Waals surface area contributed by atoms with Crippen molar-refractivity contribution in [2.45, 2.75) is 6.92 Å². The van der Waals surface area contributed by atoms with Gasteiger partial charge in [-0.05, 0) is 19.1 Å². The van der Waals surface area contributed by atoms with Crippen molar-refractivity contribution in [3.05, 3.63) is 41.6 Å². The Morgan fingerprint density at radius 3 is 2.43 bits per heavy atom. The van der Waals surface area contributed by atoms with E-state index in [2.05, 4.69) is 9.88 Å². The standard InChI is InChI=1S/C21H26N4O3/c1-16-14-18(17-4-2-3-5-19(17)22-16)21(27)25-8-6-24(7-9-25)20(26)15-23-10-12-28-13-11-23/h2-5,14H,6-13,15H2,1H3. The Morgan fingerprint density at radius 1 is 1.00 bits per heavy atom. The molecule has 0 aliphatic carbocycles. The van der Waals surface area contributed by atoms with Crippen molar-refractivity contribution in [1.29, 1.82) is 0 Å². The van der Waals surface area contributed by atoms with Crippen molar-refractivity contribution in [2.24, 2.45) is 0 Å². The molecule has 0 bridgehead atoms. The Labute approximate surface area is 164 Å².